The zero-order valence-electron chi connectivity index (χ0n) is 13.9. The number of nitrogens with one attached hydrogen (secondary N) is 1. The maximum absolute atomic E-state index is 5.48. The van der Waals surface area contributed by atoms with Gasteiger partial charge in [0.2, 0.25) is 0 Å². The van der Waals surface area contributed by atoms with Gasteiger partial charge in [-0.3, -0.25) is 0 Å². The highest BCUT2D eigenvalue weighted by atomic mass is 16.5. The Morgan fingerprint density at radius 2 is 1.90 bits per heavy atom. The van der Waals surface area contributed by atoms with Gasteiger partial charge in [0.15, 0.2) is 0 Å². The van der Waals surface area contributed by atoms with Gasteiger partial charge in [0.1, 0.15) is 5.75 Å². The molecular formula is C18H30N2O. The number of para-hydroxylation sites is 1. The van der Waals surface area contributed by atoms with Crippen LogP contribution in [0.2, 0.25) is 0 Å². The van der Waals surface area contributed by atoms with Gasteiger partial charge in [-0.15, -0.1) is 0 Å². The third-order valence-electron chi connectivity index (χ3n) is 4.90. The Kier molecular flexibility index (Phi) is 6.07. The molecular weight excluding hydrogens is 260 g/mol. The largest absolute Gasteiger partial charge is 0.496 e. The van der Waals surface area contributed by atoms with E-state index in [1.165, 1.54) is 38.0 Å². The molecule has 1 heterocycles. The zero-order chi connectivity index (χ0) is 15.2. The van der Waals surface area contributed by atoms with Crippen LogP contribution < -0.4 is 10.1 Å². The number of ether oxygens (including phenoxy) is 1. The summed E-state index contributed by atoms with van der Waals surface area (Å²) in [6.45, 7) is 10.5. The average molecular weight is 290 g/mol. The molecule has 1 aromatic rings. The molecule has 0 bridgehead atoms. The number of benzene rings is 1. The van der Waals surface area contributed by atoms with Crippen LogP contribution in [-0.4, -0.2) is 37.7 Å². The Morgan fingerprint density at radius 3 is 2.52 bits per heavy atom. The summed E-state index contributed by atoms with van der Waals surface area (Å²) in [5.74, 6) is 1.76. The lowest BCUT2D eigenvalue weighted by molar-refractivity contribution is 0.165. The number of rotatable bonds is 6. The number of methoxy groups -OCH3 is 1. The molecule has 1 aromatic carbocycles. The molecule has 0 spiro atoms. The van der Waals surface area contributed by atoms with Crippen LogP contribution in [0.25, 0.3) is 0 Å². The van der Waals surface area contributed by atoms with Gasteiger partial charge in [0, 0.05) is 17.6 Å². The summed E-state index contributed by atoms with van der Waals surface area (Å²) in [5, 5.41) is 3.77. The van der Waals surface area contributed by atoms with E-state index in [4.69, 9.17) is 4.74 Å². The lowest BCUT2D eigenvalue weighted by atomic mass is 9.89. The lowest BCUT2D eigenvalue weighted by Gasteiger charge is -2.35. The molecule has 1 saturated heterocycles. The third-order valence-corrected chi connectivity index (χ3v) is 4.90. The predicted molar refractivity (Wildman–Crippen MR) is 88.8 cm³/mol. The normalized spacial score (nSPS) is 20.2. The molecule has 2 atom stereocenters. The topological polar surface area (TPSA) is 24.5 Å². The predicted octanol–water partition coefficient (Wildman–Crippen LogP) is 3.47. The summed E-state index contributed by atoms with van der Waals surface area (Å²) >= 11 is 0. The number of nitrogens with zero attached hydrogens (tertiary/aromatic N) is 1. The average Bonchev–Trinajstić information content (AvgIpc) is 2.54. The molecule has 1 fully saturated rings. The fraction of sp³-hybridized carbons (Fsp3) is 0.667. The van der Waals surface area contributed by atoms with Crippen LogP contribution in [0.3, 0.4) is 0 Å². The first-order chi connectivity index (χ1) is 10.2. The molecule has 1 N–H and O–H groups in total. The minimum Gasteiger partial charge on any atom is -0.496 e. The highest BCUT2D eigenvalue weighted by Gasteiger charge is 2.24. The van der Waals surface area contributed by atoms with Crippen LogP contribution in [0.4, 0.5) is 0 Å². The van der Waals surface area contributed by atoms with E-state index in [9.17, 15) is 0 Å². The molecule has 0 saturated carbocycles. The van der Waals surface area contributed by atoms with Crippen molar-refractivity contribution in [2.45, 2.75) is 45.7 Å². The molecule has 0 aliphatic carbocycles. The molecule has 3 heteroatoms. The lowest BCUT2D eigenvalue weighted by Crippen LogP contribution is -2.42. The third kappa shape index (κ3) is 4.21. The van der Waals surface area contributed by atoms with Crippen LogP contribution in [0, 0.1) is 5.92 Å². The number of piperidine rings is 1. The maximum atomic E-state index is 5.48. The Balaban J connectivity index is 1.91. The molecule has 2 rings (SSSR count). The van der Waals surface area contributed by atoms with Gasteiger partial charge in [0.25, 0.3) is 0 Å². The number of hydrogen-bond acceptors (Lipinski definition) is 3. The van der Waals surface area contributed by atoms with Crippen LogP contribution in [0.5, 0.6) is 5.75 Å². The quantitative estimate of drug-likeness (QED) is 0.868. The Hall–Kier alpha value is -1.06. The summed E-state index contributed by atoms with van der Waals surface area (Å²) in [6.07, 6.45) is 2.61. The molecule has 1 aliphatic rings. The molecule has 118 valence electrons. The highest BCUT2D eigenvalue weighted by molar-refractivity contribution is 5.35. The number of likely N-dealkylation sites (tertiary alicyclic amines) is 1. The van der Waals surface area contributed by atoms with Crippen molar-refractivity contribution in [2.75, 3.05) is 26.7 Å². The van der Waals surface area contributed by atoms with Crippen molar-refractivity contribution in [3.63, 3.8) is 0 Å². The van der Waals surface area contributed by atoms with Crippen LogP contribution in [-0.2, 0) is 0 Å². The van der Waals surface area contributed by atoms with Crippen molar-refractivity contribution in [1.29, 1.82) is 0 Å². The van der Waals surface area contributed by atoms with Crippen molar-refractivity contribution in [3.05, 3.63) is 29.8 Å². The van der Waals surface area contributed by atoms with Gasteiger partial charge < -0.3 is 15.0 Å². The van der Waals surface area contributed by atoms with Gasteiger partial charge in [-0.2, -0.15) is 0 Å². The fourth-order valence-corrected chi connectivity index (χ4v) is 3.41. The summed E-state index contributed by atoms with van der Waals surface area (Å²) in [7, 11) is 1.75. The standard InChI is InChI=1S/C18H30N2O/c1-5-20-12-10-16(11-13-20)14(2)19-15(3)17-8-6-7-9-18(17)21-4/h6-9,14-16,19H,5,10-13H2,1-4H3. The van der Waals surface area contributed by atoms with E-state index in [-0.39, 0.29) is 0 Å². The van der Waals surface area contributed by atoms with Crippen molar-refractivity contribution in [1.82, 2.24) is 10.2 Å². The fourth-order valence-electron chi connectivity index (χ4n) is 3.41. The SMILES string of the molecule is CCN1CCC(C(C)NC(C)c2ccccc2OC)CC1. The highest BCUT2D eigenvalue weighted by Crippen LogP contribution is 2.27. The minimum atomic E-state index is 0.320. The summed E-state index contributed by atoms with van der Waals surface area (Å²) in [6, 6.07) is 9.17. The first-order valence-electron chi connectivity index (χ1n) is 8.27. The van der Waals surface area contributed by atoms with Gasteiger partial charge in [-0.25, -0.2) is 0 Å². The second-order valence-electron chi connectivity index (χ2n) is 6.19. The van der Waals surface area contributed by atoms with Gasteiger partial charge >= 0.3 is 0 Å². The monoisotopic (exact) mass is 290 g/mol. The van der Waals surface area contributed by atoms with E-state index in [0.717, 1.165) is 11.7 Å². The Morgan fingerprint density at radius 1 is 1.24 bits per heavy atom. The van der Waals surface area contributed by atoms with Gasteiger partial charge in [-0.05, 0) is 58.3 Å². The zero-order valence-corrected chi connectivity index (χ0v) is 13.9. The maximum Gasteiger partial charge on any atom is 0.123 e. The molecule has 0 amide bonds. The van der Waals surface area contributed by atoms with Crippen LogP contribution >= 0.6 is 0 Å². The molecule has 0 aromatic heterocycles. The molecule has 0 radical (unpaired) electrons. The van der Waals surface area contributed by atoms with E-state index in [0.29, 0.717) is 12.1 Å². The van der Waals surface area contributed by atoms with E-state index < -0.39 is 0 Å². The van der Waals surface area contributed by atoms with E-state index >= 15 is 0 Å². The second kappa shape index (κ2) is 7.81. The minimum absolute atomic E-state index is 0.320. The molecule has 3 nitrogen and oxygen atoms in total. The first kappa shape index (κ1) is 16.3. The van der Waals surface area contributed by atoms with Crippen molar-refractivity contribution >= 4 is 0 Å². The van der Waals surface area contributed by atoms with Crippen LogP contribution in [0.1, 0.15) is 45.2 Å². The first-order valence-corrected chi connectivity index (χ1v) is 8.27. The Labute approximate surface area is 129 Å². The van der Waals surface area contributed by atoms with E-state index in [1.807, 2.05) is 12.1 Å². The van der Waals surface area contributed by atoms with Gasteiger partial charge in [-0.1, -0.05) is 25.1 Å². The summed E-state index contributed by atoms with van der Waals surface area (Å²) in [5.41, 5.74) is 1.25. The molecule has 1 aliphatic heterocycles. The summed E-state index contributed by atoms with van der Waals surface area (Å²) in [4.78, 5) is 2.55. The Bertz CT molecular complexity index is 427. The molecule has 2 unspecified atom stereocenters. The second-order valence-corrected chi connectivity index (χ2v) is 6.19. The van der Waals surface area contributed by atoms with Gasteiger partial charge in [0.05, 0.1) is 7.11 Å². The van der Waals surface area contributed by atoms with Crippen molar-refractivity contribution in [2.24, 2.45) is 5.92 Å². The van der Waals surface area contributed by atoms with Crippen LogP contribution in [0.15, 0.2) is 24.3 Å². The van der Waals surface area contributed by atoms with Crippen molar-refractivity contribution < 1.29 is 4.74 Å². The van der Waals surface area contributed by atoms with Crippen molar-refractivity contribution in [3.8, 4) is 5.75 Å². The van der Waals surface area contributed by atoms with E-state index in [2.05, 4.69) is 43.1 Å². The van der Waals surface area contributed by atoms with E-state index in [1.54, 1.807) is 7.11 Å². The number of hydrogen-bond donors (Lipinski definition) is 1. The molecule has 21 heavy (non-hydrogen) atoms. The smallest absolute Gasteiger partial charge is 0.123 e. The summed E-state index contributed by atoms with van der Waals surface area (Å²) < 4.78 is 5.48.